The van der Waals surface area contributed by atoms with Gasteiger partial charge in [0.15, 0.2) is 0 Å². The van der Waals surface area contributed by atoms with Crippen LogP contribution in [0.2, 0.25) is 5.02 Å². The Morgan fingerprint density at radius 1 is 1.50 bits per heavy atom. The van der Waals surface area contributed by atoms with Crippen molar-refractivity contribution in [2.24, 2.45) is 5.73 Å². The topological polar surface area (TPSA) is 35.2 Å². The summed E-state index contributed by atoms with van der Waals surface area (Å²) in [6, 6.07) is 4.65. The Morgan fingerprint density at radius 2 is 2.19 bits per heavy atom. The number of nitrogens with two attached hydrogens (primary N) is 1. The van der Waals surface area contributed by atoms with Crippen LogP contribution >= 0.6 is 11.6 Å². The molecule has 0 aliphatic rings. The predicted octanol–water partition coefficient (Wildman–Crippen LogP) is 2.78. The minimum Gasteiger partial charge on any atom is -0.380 e. The Balaban J connectivity index is 2.68. The molecule has 90 valence electrons. The van der Waals surface area contributed by atoms with Gasteiger partial charge in [-0.1, -0.05) is 17.7 Å². The van der Waals surface area contributed by atoms with Gasteiger partial charge >= 0.3 is 0 Å². The molecule has 16 heavy (non-hydrogen) atoms. The average molecular weight is 246 g/mol. The van der Waals surface area contributed by atoms with E-state index in [9.17, 15) is 4.39 Å². The summed E-state index contributed by atoms with van der Waals surface area (Å²) in [5.41, 5.74) is 6.51. The summed E-state index contributed by atoms with van der Waals surface area (Å²) < 4.78 is 18.2. The third-order valence-electron chi connectivity index (χ3n) is 2.23. The van der Waals surface area contributed by atoms with Crippen LogP contribution in [0.1, 0.15) is 19.4 Å². The molecule has 0 amide bonds. The summed E-state index contributed by atoms with van der Waals surface area (Å²) in [5, 5.41) is 0.129. The van der Waals surface area contributed by atoms with Gasteiger partial charge < -0.3 is 10.5 Å². The van der Waals surface area contributed by atoms with Crippen LogP contribution < -0.4 is 5.73 Å². The van der Waals surface area contributed by atoms with Gasteiger partial charge in [-0.2, -0.15) is 0 Å². The van der Waals surface area contributed by atoms with Crippen LogP contribution in [0.3, 0.4) is 0 Å². The number of hydrogen-bond acceptors (Lipinski definition) is 2. The largest absolute Gasteiger partial charge is 0.380 e. The molecule has 1 aromatic rings. The second kappa shape index (κ2) is 5.62. The average Bonchev–Trinajstić information content (AvgIpc) is 2.20. The monoisotopic (exact) mass is 245 g/mol. The maximum absolute atomic E-state index is 12.9. The van der Waals surface area contributed by atoms with Crippen LogP contribution in [0.15, 0.2) is 18.2 Å². The van der Waals surface area contributed by atoms with Crippen LogP contribution in [0.5, 0.6) is 0 Å². The maximum atomic E-state index is 12.9. The van der Waals surface area contributed by atoms with Crippen molar-refractivity contribution in [3.8, 4) is 0 Å². The number of ether oxygens (including phenoxy) is 1. The van der Waals surface area contributed by atoms with Gasteiger partial charge in [-0.25, -0.2) is 4.39 Å². The summed E-state index contributed by atoms with van der Waals surface area (Å²) >= 11 is 5.70. The Labute approximate surface area is 101 Å². The molecule has 0 bridgehead atoms. The Bertz CT molecular complexity index is 355. The molecule has 0 saturated carbocycles. The van der Waals surface area contributed by atoms with Crippen molar-refractivity contribution in [3.63, 3.8) is 0 Å². The van der Waals surface area contributed by atoms with Gasteiger partial charge in [-0.3, -0.25) is 0 Å². The second-order valence-electron chi connectivity index (χ2n) is 4.22. The minimum absolute atomic E-state index is 0.129. The van der Waals surface area contributed by atoms with Crippen molar-refractivity contribution in [2.45, 2.75) is 25.8 Å². The van der Waals surface area contributed by atoms with Crippen LogP contribution in [-0.2, 0) is 11.2 Å². The van der Waals surface area contributed by atoms with Crippen molar-refractivity contribution in [1.82, 2.24) is 0 Å². The van der Waals surface area contributed by atoms with E-state index in [0.29, 0.717) is 19.6 Å². The molecule has 0 saturated heterocycles. The van der Waals surface area contributed by atoms with E-state index in [4.69, 9.17) is 22.1 Å². The summed E-state index contributed by atoms with van der Waals surface area (Å²) in [6.07, 6.45) is 0.604. The molecule has 0 aliphatic carbocycles. The van der Waals surface area contributed by atoms with Gasteiger partial charge in [0.2, 0.25) is 0 Å². The smallest absolute Gasteiger partial charge is 0.141 e. The quantitative estimate of drug-likeness (QED) is 0.866. The molecular weight excluding hydrogens is 229 g/mol. The SMILES string of the molecule is CCOCC(C)(N)Cc1ccc(F)c(Cl)c1. The number of benzene rings is 1. The zero-order valence-corrected chi connectivity index (χ0v) is 10.4. The highest BCUT2D eigenvalue weighted by Crippen LogP contribution is 2.19. The van der Waals surface area contributed by atoms with Crippen molar-refractivity contribution < 1.29 is 9.13 Å². The molecule has 1 unspecified atom stereocenters. The summed E-state index contributed by atoms with van der Waals surface area (Å²) in [6.45, 7) is 4.93. The normalized spacial score (nSPS) is 14.8. The van der Waals surface area contributed by atoms with E-state index < -0.39 is 11.4 Å². The molecule has 0 radical (unpaired) electrons. The van der Waals surface area contributed by atoms with E-state index in [1.807, 2.05) is 13.8 Å². The van der Waals surface area contributed by atoms with E-state index in [0.717, 1.165) is 5.56 Å². The molecule has 2 N–H and O–H groups in total. The first kappa shape index (κ1) is 13.4. The van der Waals surface area contributed by atoms with Crippen LogP contribution in [0, 0.1) is 5.82 Å². The van der Waals surface area contributed by atoms with Crippen molar-refractivity contribution in [1.29, 1.82) is 0 Å². The molecular formula is C12H17ClFNO. The summed E-state index contributed by atoms with van der Waals surface area (Å²) in [5.74, 6) is -0.408. The molecule has 1 aromatic carbocycles. The van der Waals surface area contributed by atoms with Gasteiger partial charge in [0.25, 0.3) is 0 Å². The molecule has 0 aromatic heterocycles. The highest BCUT2D eigenvalue weighted by atomic mass is 35.5. The lowest BCUT2D eigenvalue weighted by molar-refractivity contribution is 0.101. The lowest BCUT2D eigenvalue weighted by Crippen LogP contribution is -2.43. The van der Waals surface area contributed by atoms with E-state index in [2.05, 4.69) is 0 Å². The molecule has 0 heterocycles. The standard InChI is InChI=1S/C12H17ClFNO/c1-3-16-8-12(2,15)7-9-4-5-11(14)10(13)6-9/h4-6H,3,7-8,15H2,1-2H3. The van der Waals surface area contributed by atoms with Crippen LogP contribution in [0.25, 0.3) is 0 Å². The fourth-order valence-corrected chi connectivity index (χ4v) is 1.71. The van der Waals surface area contributed by atoms with Gasteiger partial charge in [0.1, 0.15) is 5.82 Å². The van der Waals surface area contributed by atoms with E-state index in [1.165, 1.54) is 6.07 Å². The maximum Gasteiger partial charge on any atom is 0.141 e. The molecule has 4 heteroatoms. The van der Waals surface area contributed by atoms with Crippen molar-refractivity contribution >= 4 is 11.6 Å². The van der Waals surface area contributed by atoms with Crippen LogP contribution in [0.4, 0.5) is 4.39 Å². The predicted molar refractivity (Wildman–Crippen MR) is 64.2 cm³/mol. The lowest BCUT2D eigenvalue weighted by atomic mass is 9.95. The molecule has 1 rings (SSSR count). The van der Waals surface area contributed by atoms with Crippen molar-refractivity contribution in [2.75, 3.05) is 13.2 Å². The zero-order valence-electron chi connectivity index (χ0n) is 9.59. The number of rotatable bonds is 5. The molecule has 0 aliphatic heterocycles. The summed E-state index contributed by atoms with van der Waals surface area (Å²) in [4.78, 5) is 0. The van der Waals surface area contributed by atoms with Gasteiger partial charge in [-0.15, -0.1) is 0 Å². The zero-order chi connectivity index (χ0) is 12.2. The number of hydrogen-bond donors (Lipinski definition) is 1. The Hall–Kier alpha value is -0.640. The first-order valence-corrected chi connectivity index (χ1v) is 5.63. The van der Waals surface area contributed by atoms with Crippen molar-refractivity contribution in [3.05, 3.63) is 34.6 Å². The molecule has 0 spiro atoms. The first-order valence-electron chi connectivity index (χ1n) is 5.25. The molecule has 1 atom stereocenters. The molecule has 0 fully saturated rings. The van der Waals surface area contributed by atoms with Gasteiger partial charge in [0, 0.05) is 12.1 Å². The third-order valence-corrected chi connectivity index (χ3v) is 2.52. The lowest BCUT2D eigenvalue weighted by Gasteiger charge is -2.24. The van der Waals surface area contributed by atoms with E-state index in [-0.39, 0.29) is 5.02 Å². The van der Waals surface area contributed by atoms with E-state index in [1.54, 1.807) is 12.1 Å². The van der Waals surface area contributed by atoms with Gasteiger partial charge in [0.05, 0.1) is 11.6 Å². The highest BCUT2D eigenvalue weighted by Gasteiger charge is 2.19. The first-order chi connectivity index (χ1) is 7.44. The highest BCUT2D eigenvalue weighted by molar-refractivity contribution is 6.30. The van der Waals surface area contributed by atoms with E-state index >= 15 is 0 Å². The third kappa shape index (κ3) is 4.08. The van der Waals surface area contributed by atoms with Gasteiger partial charge in [-0.05, 0) is 38.0 Å². The number of halogens is 2. The Morgan fingerprint density at radius 3 is 2.75 bits per heavy atom. The fraction of sp³-hybridized carbons (Fsp3) is 0.500. The fourth-order valence-electron chi connectivity index (χ4n) is 1.50. The molecule has 2 nitrogen and oxygen atoms in total. The van der Waals surface area contributed by atoms with Crippen LogP contribution in [-0.4, -0.2) is 18.8 Å². The Kier molecular flexibility index (Phi) is 4.71. The summed E-state index contributed by atoms with van der Waals surface area (Å²) in [7, 11) is 0. The minimum atomic E-state index is -0.461. The second-order valence-corrected chi connectivity index (χ2v) is 4.62.